The van der Waals surface area contributed by atoms with Gasteiger partial charge in [-0.15, -0.1) is 0 Å². The molecular weight excluding hydrogens is 290 g/mol. The summed E-state index contributed by atoms with van der Waals surface area (Å²) in [5.74, 6) is 0.519. The van der Waals surface area contributed by atoms with Crippen LogP contribution in [0.5, 0.6) is 5.75 Å². The fraction of sp³-hybridized carbons (Fsp3) is 0.316. The number of aryl methyl sites for hydroxylation is 2. The molecule has 122 valence electrons. The zero-order chi connectivity index (χ0) is 16.7. The van der Waals surface area contributed by atoms with Crippen LogP contribution in [0.1, 0.15) is 28.4 Å². The van der Waals surface area contributed by atoms with Crippen molar-refractivity contribution >= 4 is 11.6 Å². The second-order valence-corrected chi connectivity index (χ2v) is 5.35. The fourth-order valence-corrected chi connectivity index (χ4v) is 2.24. The Kier molecular flexibility index (Phi) is 6.18. The van der Waals surface area contributed by atoms with Gasteiger partial charge in [-0.25, -0.2) is 0 Å². The number of benzene rings is 2. The minimum absolute atomic E-state index is 0.146. The molecule has 0 heterocycles. The van der Waals surface area contributed by atoms with Gasteiger partial charge in [0.15, 0.2) is 0 Å². The fourth-order valence-electron chi connectivity index (χ4n) is 2.24. The van der Waals surface area contributed by atoms with Crippen molar-refractivity contribution in [3.8, 4) is 5.75 Å². The van der Waals surface area contributed by atoms with Crippen LogP contribution in [0, 0.1) is 13.8 Å². The monoisotopic (exact) mass is 313 g/mol. The molecule has 0 aromatic heterocycles. The van der Waals surface area contributed by atoms with E-state index in [0.29, 0.717) is 31.1 Å². The molecule has 0 radical (unpaired) electrons. The second-order valence-electron chi connectivity index (χ2n) is 5.35. The van der Waals surface area contributed by atoms with Gasteiger partial charge in [-0.1, -0.05) is 23.8 Å². The van der Waals surface area contributed by atoms with Crippen LogP contribution in [-0.4, -0.2) is 25.7 Å². The highest BCUT2D eigenvalue weighted by atomic mass is 16.5. The molecule has 0 aliphatic rings. The molecule has 0 aliphatic heterocycles. The number of hydrogen-bond donors (Lipinski definition) is 1. The molecular formula is C19H23NO3. The molecule has 0 unspecified atom stereocenters. The van der Waals surface area contributed by atoms with Crippen LogP contribution in [0.15, 0.2) is 42.5 Å². The molecule has 0 atom stereocenters. The molecule has 2 aromatic carbocycles. The Morgan fingerprint density at radius 2 is 1.91 bits per heavy atom. The molecule has 1 N–H and O–H groups in total. The van der Waals surface area contributed by atoms with Crippen LogP contribution in [0.25, 0.3) is 0 Å². The Labute approximate surface area is 137 Å². The minimum atomic E-state index is -0.146. The van der Waals surface area contributed by atoms with Gasteiger partial charge in [-0.3, -0.25) is 4.79 Å². The van der Waals surface area contributed by atoms with E-state index in [-0.39, 0.29) is 5.91 Å². The molecule has 0 fully saturated rings. The molecule has 0 aliphatic carbocycles. The Bertz CT molecular complexity index is 667. The second kappa shape index (κ2) is 8.34. The number of carbonyl (C=O) groups excluding carboxylic acids is 1. The Balaban J connectivity index is 2.01. The third kappa shape index (κ3) is 5.11. The van der Waals surface area contributed by atoms with Gasteiger partial charge in [-0.2, -0.15) is 0 Å². The number of rotatable bonds is 7. The lowest BCUT2D eigenvalue weighted by Crippen LogP contribution is -2.13. The average molecular weight is 313 g/mol. The largest absolute Gasteiger partial charge is 0.491 e. The summed E-state index contributed by atoms with van der Waals surface area (Å²) in [6.07, 6.45) is 0. The van der Waals surface area contributed by atoms with Gasteiger partial charge < -0.3 is 14.8 Å². The minimum Gasteiger partial charge on any atom is -0.491 e. The van der Waals surface area contributed by atoms with Gasteiger partial charge >= 0.3 is 0 Å². The molecule has 4 heteroatoms. The first-order valence-corrected chi connectivity index (χ1v) is 7.79. The van der Waals surface area contributed by atoms with Crippen LogP contribution >= 0.6 is 0 Å². The maximum Gasteiger partial charge on any atom is 0.255 e. The predicted molar refractivity (Wildman–Crippen MR) is 92.3 cm³/mol. The van der Waals surface area contributed by atoms with Gasteiger partial charge in [0.2, 0.25) is 0 Å². The van der Waals surface area contributed by atoms with Crippen LogP contribution in [0.2, 0.25) is 0 Å². The molecule has 0 bridgehead atoms. The number of carbonyl (C=O) groups is 1. The van der Waals surface area contributed by atoms with Crippen molar-refractivity contribution in [2.75, 3.05) is 25.1 Å². The number of anilines is 1. The van der Waals surface area contributed by atoms with Crippen LogP contribution < -0.4 is 10.1 Å². The van der Waals surface area contributed by atoms with E-state index in [2.05, 4.69) is 5.32 Å². The molecule has 2 aromatic rings. The van der Waals surface area contributed by atoms with Gasteiger partial charge in [-0.05, 0) is 50.6 Å². The van der Waals surface area contributed by atoms with Crippen molar-refractivity contribution in [2.24, 2.45) is 0 Å². The third-order valence-electron chi connectivity index (χ3n) is 3.43. The zero-order valence-corrected chi connectivity index (χ0v) is 13.9. The lowest BCUT2D eigenvalue weighted by molar-refractivity contribution is 0.102. The van der Waals surface area contributed by atoms with Crippen LogP contribution in [-0.2, 0) is 4.74 Å². The summed E-state index contributed by atoms with van der Waals surface area (Å²) in [5.41, 5.74) is 3.61. The summed E-state index contributed by atoms with van der Waals surface area (Å²) in [6.45, 7) is 7.63. The van der Waals surface area contributed by atoms with Crippen molar-refractivity contribution in [2.45, 2.75) is 20.8 Å². The highest BCUT2D eigenvalue weighted by molar-refractivity contribution is 6.04. The SMILES string of the molecule is CCOCCOc1cccc(C(=O)Nc2ccc(C)cc2C)c1. The first-order chi connectivity index (χ1) is 11.1. The van der Waals surface area contributed by atoms with Crippen LogP contribution in [0.3, 0.4) is 0 Å². The third-order valence-corrected chi connectivity index (χ3v) is 3.43. The smallest absolute Gasteiger partial charge is 0.255 e. The number of hydrogen-bond acceptors (Lipinski definition) is 3. The van der Waals surface area contributed by atoms with Crippen molar-refractivity contribution < 1.29 is 14.3 Å². The highest BCUT2D eigenvalue weighted by Crippen LogP contribution is 2.19. The lowest BCUT2D eigenvalue weighted by atomic mass is 10.1. The predicted octanol–water partition coefficient (Wildman–Crippen LogP) is 3.97. The molecule has 1 amide bonds. The van der Waals surface area contributed by atoms with E-state index in [0.717, 1.165) is 11.3 Å². The molecule has 0 spiro atoms. The first kappa shape index (κ1) is 17.0. The molecule has 23 heavy (non-hydrogen) atoms. The summed E-state index contributed by atoms with van der Waals surface area (Å²) in [5, 5.41) is 2.94. The summed E-state index contributed by atoms with van der Waals surface area (Å²) >= 11 is 0. The quantitative estimate of drug-likeness (QED) is 0.787. The van der Waals surface area contributed by atoms with E-state index in [1.165, 1.54) is 5.56 Å². The number of nitrogens with one attached hydrogen (secondary N) is 1. The van der Waals surface area contributed by atoms with Gasteiger partial charge in [0, 0.05) is 17.9 Å². The van der Waals surface area contributed by atoms with Gasteiger partial charge in [0.1, 0.15) is 12.4 Å². The molecule has 0 saturated heterocycles. The topological polar surface area (TPSA) is 47.6 Å². The zero-order valence-electron chi connectivity index (χ0n) is 13.9. The van der Waals surface area contributed by atoms with Crippen molar-refractivity contribution in [1.82, 2.24) is 0 Å². The van der Waals surface area contributed by atoms with Crippen molar-refractivity contribution in [3.63, 3.8) is 0 Å². The maximum atomic E-state index is 12.4. The van der Waals surface area contributed by atoms with Crippen LogP contribution in [0.4, 0.5) is 5.69 Å². The summed E-state index contributed by atoms with van der Waals surface area (Å²) in [6, 6.07) is 13.1. The van der Waals surface area contributed by atoms with E-state index < -0.39 is 0 Å². The maximum absolute atomic E-state index is 12.4. The average Bonchev–Trinajstić information content (AvgIpc) is 2.54. The molecule has 0 saturated carbocycles. The van der Waals surface area contributed by atoms with E-state index >= 15 is 0 Å². The first-order valence-electron chi connectivity index (χ1n) is 7.79. The van der Waals surface area contributed by atoms with E-state index in [1.54, 1.807) is 12.1 Å². The Morgan fingerprint density at radius 3 is 2.65 bits per heavy atom. The van der Waals surface area contributed by atoms with Crippen molar-refractivity contribution in [1.29, 1.82) is 0 Å². The molecule has 4 nitrogen and oxygen atoms in total. The summed E-state index contributed by atoms with van der Waals surface area (Å²) < 4.78 is 10.8. The summed E-state index contributed by atoms with van der Waals surface area (Å²) in [4.78, 5) is 12.4. The normalized spacial score (nSPS) is 10.4. The van der Waals surface area contributed by atoms with E-state index in [9.17, 15) is 4.79 Å². The molecule has 2 rings (SSSR count). The number of ether oxygens (including phenoxy) is 2. The lowest BCUT2D eigenvalue weighted by Gasteiger charge is -2.11. The highest BCUT2D eigenvalue weighted by Gasteiger charge is 2.09. The Morgan fingerprint density at radius 1 is 1.09 bits per heavy atom. The van der Waals surface area contributed by atoms with E-state index in [4.69, 9.17) is 9.47 Å². The number of amides is 1. The van der Waals surface area contributed by atoms with Crippen molar-refractivity contribution in [3.05, 3.63) is 59.2 Å². The van der Waals surface area contributed by atoms with Gasteiger partial charge in [0.25, 0.3) is 5.91 Å². The van der Waals surface area contributed by atoms with Gasteiger partial charge in [0.05, 0.1) is 6.61 Å². The Hall–Kier alpha value is -2.33. The standard InChI is InChI=1S/C19H23NO3/c1-4-22-10-11-23-17-7-5-6-16(13-17)19(21)20-18-9-8-14(2)12-15(18)3/h5-9,12-13H,4,10-11H2,1-3H3,(H,20,21). The van der Waals surface area contributed by atoms with E-state index in [1.807, 2.05) is 51.1 Å². The summed E-state index contributed by atoms with van der Waals surface area (Å²) in [7, 11) is 0.